The van der Waals surface area contributed by atoms with Gasteiger partial charge in [0, 0.05) is 47.2 Å². The Morgan fingerprint density at radius 2 is 1.55 bits per heavy atom. The highest BCUT2D eigenvalue weighted by atomic mass is 127. The van der Waals surface area contributed by atoms with Crippen LogP contribution in [0.1, 0.15) is 12.5 Å². The van der Waals surface area contributed by atoms with Crippen molar-refractivity contribution in [1.82, 2.24) is 4.57 Å². The van der Waals surface area contributed by atoms with Crippen LogP contribution < -0.4 is 4.90 Å². The van der Waals surface area contributed by atoms with Crippen molar-refractivity contribution in [3.8, 4) is 0 Å². The van der Waals surface area contributed by atoms with Gasteiger partial charge in [-0.1, -0.05) is 18.2 Å². The fraction of sp³-hybridized carbons (Fsp3) is 0.250. The van der Waals surface area contributed by atoms with Crippen molar-refractivity contribution < 1.29 is 5.11 Å². The molecule has 3 nitrogen and oxygen atoms in total. The molecule has 0 spiro atoms. The number of aliphatic hydroxyl groups is 1. The molecule has 0 saturated heterocycles. The van der Waals surface area contributed by atoms with Crippen LogP contribution >= 0.6 is 45.2 Å². The number of para-hydroxylation sites is 1. The fourth-order valence-corrected chi connectivity index (χ4v) is 5.63. The molecule has 3 aromatic carbocycles. The van der Waals surface area contributed by atoms with Gasteiger partial charge in [0.15, 0.2) is 0 Å². The average Bonchev–Trinajstić information content (AvgIpc) is 3.16. The second-order valence-corrected chi connectivity index (χ2v) is 10.4. The van der Waals surface area contributed by atoms with Crippen molar-refractivity contribution in [3.05, 3.63) is 73.4 Å². The summed E-state index contributed by atoms with van der Waals surface area (Å²) in [4.78, 5) is 2.36. The van der Waals surface area contributed by atoms with Crippen LogP contribution in [-0.2, 0) is 13.0 Å². The third-order valence-electron chi connectivity index (χ3n) is 5.94. The summed E-state index contributed by atoms with van der Waals surface area (Å²) >= 11 is 4.74. The Kier molecular flexibility index (Phi) is 5.24. The van der Waals surface area contributed by atoms with E-state index in [9.17, 15) is 5.11 Å². The molecule has 0 radical (unpaired) electrons. The van der Waals surface area contributed by atoms with Gasteiger partial charge in [0.1, 0.15) is 0 Å². The van der Waals surface area contributed by atoms with Gasteiger partial charge in [0.2, 0.25) is 0 Å². The van der Waals surface area contributed by atoms with Gasteiger partial charge in [0.25, 0.3) is 0 Å². The van der Waals surface area contributed by atoms with Crippen LogP contribution in [0.4, 0.5) is 5.69 Å². The van der Waals surface area contributed by atoms with Gasteiger partial charge >= 0.3 is 0 Å². The molecule has 1 aliphatic heterocycles. The summed E-state index contributed by atoms with van der Waals surface area (Å²) in [6.45, 7) is 3.48. The lowest BCUT2D eigenvalue weighted by Crippen LogP contribution is -2.38. The van der Waals surface area contributed by atoms with Crippen molar-refractivity contribution in [3.63, 3.8) is 0 Å². The molecule has 0 aliphatic carbocycles. The number of rotatable bonds is 4. The molecule has 0 fully saturated rings. The summed E-state index contributed by atoms with van der Waals surface area (Å²) in [6.07, 6.45) is 0.607. The number of benzene rings is 3. The van der Waals surface area contributed by atoms with E-state index in [2.05, 4.69) is 122 Å². The molecule has 0 saturated carbocycles. The predicted octanol–water partition coefficient (Wildman–Crippen LogP) is 5.82. The maximum absolute atomic E-state index is 11.1. The zero-order valence-electron chi connectivity index (χ0n) is 16.1. The Balaban J connectivity index is 1.50. The summed E-state index contributed by atoms with van der Waals surface area (Å²) in [5, 5.41) is 13.6. The van der Waals surface area contributed by atoms with Gasteiger partial charge in [-0.25, -0.2) is 0 Å². The molecule has 29 heavy (non-hydrogen) atoms. The highest BCUT2D eigenvalue weighted by Crippen LogP contribution is 2.34. The molecule has 148 valence electrons. The molecular weight excluding hydrogens is 586 g/mol. The van der Waals surface area contributed by atoms with Crippen molar-refractivity contribution in [2.75, 3.05) is 11.4 Å². The summed E-state index contributed by atoms with van der Waals surface area (Å²) in [7, 11) is 0. The lowest BCUT2D eigenvalue weighted by atomic mass is 10.1. The van der Waals surface area contributed by atoms with Gasteiger partial charge in [-0.3, -0.25) is 0 Å². The maximum atomic E-state index is 11.1. The standard InChI is InChI=1S/C24H22I2N2O/c1-15-10-16-4-2-3-5-22(16)27(15)13-19(29)14-28-23-8-6-17(25)11-20(23)21-12-18(26)7-9-24(21)28/h2-9,11-12,15,19,29H,10,13-14H2,1H3/t15-,19+/m0/s1. The van der Waals surface area contributed by atoms with Crippen molar-refractivity contribution in [2.45, 2.75) is 32.0 Å². The smallest absolute Gasteiger partial charge is 0.0893 e. The van der Waals surface area contributed by atoms with Crippen LogP contribution in [0.5, 0.6) is 0 Å². The summed E-state index contributed by atoms with van der Waals surface area (Å²) in [5.41, 5.74) is 5.03. The summed E-state index contributed by atoms with van der Waals surface area (Å²) in [5.74, 6) is 0. The molecule has 0 bridgehead atoms. The number of hydrogen-bond acceptors (Lipinski definition) is 2. The molecule has 0 unspecified atom stereocenters. The van der Waals surface area contributed by atoms with Gasteiger partial charge in [-0.2, -0.15) is 0 Å². The van der Waals surface area contributed by atoms with Crippen LogP contribution in [0.15, 0.2) is 60.7 Å². The van der Waals surface area contributed by atoms with E-state index in [1.165, 1.54) is 40.2 Å². The Morgan fingerprint density at radius 1 is 0.931 bits per heavy atom. The number of hydrogen-bond donors (Lipinski definition) is 1. The zero-order chi connectivity index (χ0) is 20.1. The van der Waals surface area contributed by atoms with E-state index in [0.29, 0.717) is 19.1 Å². The first-order valence-corrected chi connectivity index (χ1v) is 12.1. The Hall–Kier alpha value is -1.32. The molecule has 0 amide bonds. The van der Waals surface area contributed by atoms with Gasteiger partial charge in [-0.15, -0.1) is 0 Å². The van der Waals surface area contributed by atoms with E-state index >= 15 is 0 Å². The third-order valence-corrected chi connectivity index (χ3v) is 7.28. The molecule has 1 aromatic heterocycles. The second-order valence-electron chi connectivity index (χ2n) is 7.92. The van der Waals surface area contributed by atoms with E-state index in [4.69, 9.17) is 0 Å². The molecule has 2 atom stereocenters. The quantitative estimate of drug-likeness (QED) is 0.296. The lowest BCUT2D eigenvalue weighted by molar-refractivity contribution is 0.160. The van der Waals surface area contributed by atoms with E-state index in [0.717, 1.165) is 6.42 Å². The van der Waals surface area contributed by atoms with Gasteiger partial charge < -0.3 is 14.6 Å². The highest BCUT2D eigenvalue weighted by Gasteiger charge is 2.27. The average molecular weight is 608 g/mol. The Labute approximate surface area is 198 Å². The SMILES string of the molecule is C[C@H]1Cc2ccccc2N1C[C@@H](O)Cn1c2ccc(I)cc2c2cc(I)ccc21. The first-order valence-electron chi connectivity index (χ1n) is 9.91. The highest BCUT2D eigenvalue weighted by molar-refractivity contribution is 14.1. The normalized spacial score (nSPS) is 17.2. The van der Waals surface area contributed by atoms with Crippen molar-refractivity contribution in [1.29, 1.82) is 0 Å². The zero-order valence-corrected chi connectivity index (χ0v) is 20.5. The number of β-amino-alcohol motifs (C(OH)–C–C–N with tert-alkyl or cyclic N) is 1. The largest absolute Gasteiger partial charge is 0.389 e. The fourth-order valence-electron chi connectivity index (χ4n) is 4.65. The summed E-state index contributed by atoms with van der Waals surface area (Å²) in [6, 6.07) is 22.1. The number of anilines is 1. The van der Waals surface area contributed by atoms with Gasteiger partial charge in [-0.05, 0) is 107 Å². The molecule has 5 rings (SSSR count). The van der Waals surface area contributed by atoms with Crippen molar-refractivity contribution in [2.24, 2.45) is 0 Å². The van der Waals surface area contributed by atoms with Crippen LogP contribution in [0.2, 0.25) is 0 Å². The van der Waals surface area contributed by atoms with Crippen LogP contribution in [0, 0.1) is 7.14 Å². The second kappa shape index (κ2) is 7.74. The third kappa shape index (κ3) is 3.55. The van der Waals surface area contributed by atoms with Crippen LogP contribution in [0.3, 0.4) is 0 Å². The molecular formula is C24H22I2N2O. The first-order chi connectivity index (χ1) is 14.0. The molecule has 2 heterocycles. The molecule has 1 aliphatic rings. The van der Waals surface area contributed by atoms with E-state index in [-0.39, 0.29) is 0 Å². The monoisotopic (exact) mass is 608 g/mol. The van der Waals surface area contributed by atoms with Crippen LogP contribution in [0.25, 0.3) is 21.8 Å². The lowest BCUT2D eigenvalue weighted by Gasteiger charge is -2.28. The Morgan fingerprint density at radius 3 is 2.21 bits per heavy atom. The van der Waals surface area contributed by atoms with Crippen LogP contribution in [-0.4, -0.2) is 28.4 Å². The first kappa shape index (κ1) is 19.6. The maximum Gasteiger partial charge on any atom is 0.0893 e. The van der Waals surface area contributed by atoms with Gasteiger partial charge in [0.05, 0.1) is 12.6 Å². The number of fused-ring (bicyclic) bond motifs is 4. The van der Waals surface area contributed by atoms with Crippen molar-refractivity contribution >= 4 is 72.7 Å². The molecule has 5 heteroatoms. The topological polar surface area (TPSA) is 28.4 Å². The van der Waals surface area contributed by atoms with E-state index < -0.39 is 6.10 Å². The molecule has 4 aromatic rings. The van der Waals surface area contributed by atoms with E-state index in [1.807, 2.05) is 0 Å². The summed E-state index contributed by atoms with van der Waals surface area (Å²) < 4.78 is 4.75. The number of nitrogens with zero attached hydrogens (tertiary/aromatic N) is 2. The minimum Gasteiger partial charge on any atom is -0.389 e. The minimum atomic E-state index is -0.444. The number of halogens is 2. The number of aromatic nitrogens is 1. The number of aliphatic hydroxyl groups excluding tert-OH is 1. The molecule has 1 N–H and O–H groups in total. The predicted molar refractivity (Wildman–Crippen MR) is 138 cm³/mol. The van der Waals surface area contributed by atoms with E-state index in [1.54, 1.807) is 0 Å². The Bertz CT molecular complexity index is 1160. The minimum absolute atomic E-state index is 0.420.